The average molecular weight is 244 g/mol. The standard InChI is InChI=1S/C10H10ClNS2/c11-10-4-7(6-14-10)9(12)5-8-2-1-3-13-8/h1-4,6,9H,5,12H2. The summed E-state index contributed by atoms with van der Waals surface area (Å²) in [5.41, 5.74) is 7.19. The minimum absolute atomic E-state index is 0.0670. The molecular weight excluding hydrogens is 234 g/mol. The second-order valence-electron chi connectivity index (χ2n) is 3.07. The Labute approximate surface area is 96.1 Å². The number of rotatable bonds is 3. The summed E-state index contributed by atoms with van der Waals surface area (Å²) in [6.45, 7) is 0. The van der Waals surface area contributed by atoms with Crippen LogP contribution < -0.4 is 5.73 Å². The van der Waals surface area contributed by atoms with Crippen LogP contribution in [0.4, 0.5) is 0 Å². The summed E-state index contributed by atoms with van der Waals surface area (Å²) in [5, 5.41) is 4.10. The largest absolute Gasteiger partial charge is 0.324 e. The molecule has 0 aliphatic heterocycles. The molecule has 2 heterocycles. The third-order valence-corrected chi connectivity index (χ3v) is 4.03. The predicted octanol–water partition coefficient (Wildman–Crippen LogP) is 3.71. The van der Waals surface area contributed by atoms with Crippen molar-refractivity contribution in [3.63, 3.8) is 0 Å². The Kier molecular flexibility index (Phi) is 3.23. The zero-order valence-electron chi connectivity index (χ0n) is 7.44. The van der Waals surface area contributed by atoms with Crippen LogP contribution in [0.2, 0.25) is 4.34 Å². The summed E-state index contributed by atoms with van der Waals surface area (Å²) < 4.78 is 0.807. The minimum atomic E-state index is 0.0670. The predicted molar refractivity (Wildman–Crippen MR) is 64.3 cm³/mol. The van der Waals surface area contributed by atoms with Crippen LogP contribution in [0, 0.1) is 0 Å². The van der Waals surface area contributed by atoms with E-state index in [1.54, 1.807) is 11.3 Å². The first-order valence-electron chi connectivity index (χ1n) is 4.27. The molecule has 0 aliphatic rings. The molecule has 1 unspecified atom stereocenters. The smallest absolute Gasteiger partial charge is 0.0931 e. The Hall–Kier alpha value is -0.350. The van der Waals surface area contributed by atoms with Crippen LogP contribution in [0.15, 0.2) is 29.0 Å². The van der Waals surface area contributed by atoms with Crippen molar-refractivity contribution in [3.8, 4) is 0 Å². The highest BCUT2D eigenvalue weighted by Gasteiger charge is 2.09. The van der Waals surface area contributed by atoms with Gasteiger partial charge >= 0.3 is 0 Å². The van der Waals surface area contributed by atoms with Crippen molar-refractivity contribution >= 4 is 34.3 Å². The van der Waals surface area contributed by atoms with Crippen molar-refractivity contribution < 1.29 is 0 Å². The maximum atomic E-state index is 6.05. The maximum absolute atomic E-state index is 6.05. The van der Waals surface area contributed by atoms with Crippen LogP contribution in [-0.4, -0.2) is 0 Å². The molecule has 0 amide bonds. The summed E-state index contributed by atoms with van der Waals surface area (Å²) in [7, 11) is 0. The Balaban J connectivity index is 2.06. The second kappa shape index (κ2) is 4.45. The van der Waals surface area contributed by atoms with Gasteiger partial charge in [-0.15, -0.1) is 22.7 Å². The van der Waals surface area contributed by atoms with Gasteiger partial charge < -0.3 is 5.73 Å². The number of nitrogens with two attached hydrogens (primary N) is 1. The molecule has 74 valence electrons. The van der Waals surface area contributed by atoms with E-state index in [1.807, 2.05) is 17.5 Å². The van der Waals surface area contributed by atoms with Crippen LogP contribution in [0.25, 0.3) is 0 Å². The minimum Gasteiger partial charge on any atom is -0.324 e. The van der Waals surface area contributed by atoms with Gasteiger partial charge in [0.25, 0.3) is 0 Å². The number of hydrogen-bond acceptors (Lipinski definition) is 3. The number of halogens is 1. The molecule has 2 rings (SSSR count). The summed E-state index contributed by atoms with van der Waals surface area (Å²) in [4.78, 5) is 1.32. The van der Waals surface area contributed by atoms with E-state index in [2.05, 4.69) is 11.4 Å². The van der Waals surface area contributed by atoms with Crippen LogP contribution in [0.1, 0.15) is 16.5 Å². The van der Waals surface area contributed by atoms with E-state index in [9.17, 15) is 0 Å². The SMILES string of the molecule is NC(Cc1cccs1)c1csc(Cl)c1. The maximum Gasteiger partial charge on any atom is 0.0931 e. The monoisotopic (exact) mass is 243 g/mol. The molecule has 0 spiro atoms. The highest BCUT2D eigenvalue weighted by atomic mass is 35.5. The fourth-order valence-electron chi connectivity index (χ4n) is 1.28. The lowest BCUT2D eigenvalue weighted by Crippen LogP contribution is -2.11. The Morgan fingerprint density at radius 1 is 1.43 bits per heavy atom. The van der Waals surface area contributed by atoms with E-state index in [1.165, 1.54) is 16.2 Å². The molecule has 2 aromatic rings. The molecule has 0 saturated carbocycles. The molecule has 0 aromatic carbocycles. The van der Waals surface area contributed by atoms with Crippen molar-refractivity contribution in [2.75, 3.05) is 0 Å². The molecule has 4 heteroatoms. The van der Waals surface area contributed by atoms with Crippen molar-refractivity contribution in [1.82, 2.24) is 0 Å². The topological polar surface area (TPSA) is 26.0 Å². The quantitative estimate of drug-likeness (QED) is 0.874. The van der Waals surface area contributed by atoms with Gasteiger partial charge in [0.2, 0.25) is 0 Å². The van der Waals surface area contributed by atoms with Gasteiger partial charge in [-0.1, -0.05) is 17.7 Å². The fraction of sp³-hybridized carbons (Fsp3) is 0.200. The van der Waals surface area contributed by atoms with Crippen LogP contribution in [0.3, 0.4) is 0 Å². The number of hydrogen-bond donors (Lipinski definition) is 1. The highest BCUT2D eigenvalue weighted by molar-refractivity contribution is 7.14. The van der Waals surface area contributed by atoms with E-state index < -0.39 is 0 Å². The van der Waals surface area contributed by atoms with Crippen molar-refractivity contribution in [2.24, 2.45) is 5.73 Å². The molecule has 0 fully saturated rings. The molecule has 1 atom stereocenters. The summed E-state index contributed by atoms with van der Waals surface area (Å²) in [6.07, 6.45) is 0.894. The van der Waals surface area contributed by atoms with Crippen molar-refractivity contribution in [1.29, 1.82) is 0 Å². The van der Waals surface area contributed by atoms with Crippen molar-refractivity contribution in [2.45, 2.75) is 12.5 Å². The molecule has 2 N–H and O–H groups in total. The Bertz CT molecular complexity index is 394. The van der Waals surface area contributed by atoms with Gasteiger partial charge in [-0.3, -0.25) is 0 Å². The normalized spacial score (nSPS) is 13.0. The van der Waals surface area contributed by atoms with E-state index in [-0.39, 0.29) is 6.04 Å². The molecule has 0 saturated heterocycles. The lowest BCUT2D eigenvalue weighted by atomic mass is 10.1. The summed E-state index contributed by atoms with van der Waals surface area (Å²) in [5.74, 6) is 0. The average Bonchev–Trinajstić information content (AvgIpc) is 2.75. The first-order valence-corrected chi connectivity index (χ1v) is 6.41. The third-order valence-electron chi connectivity index (χ3n) is 2.02. The summed E-state index contributed by atoms with van der Waals surface area (Å²) in [6, 6.07) is 6.17. The second-order valence-corrected chi connectivity index (χ2v) is 5.65. The molecule has 2 aromatic heterocycles. The lowest BCUT2D eigenvalue weighted by molar-refractivity contribution is 0.733. The fourth-order valence-corrected chi connectivity index (χ4v) is 3.00. The first kappa shape index (κ1) is 10.2. The van der Waals surface area contributed by atoms with E-state index >= 15 is 0 Å². The van der Waals surface area contributed by atoms with E-state index in [0.717, 1.165) is 16.3 Å². The zero-order chi connectivity index (χ0) is 9.97. The van der Waals surface area contributed by atoms with Gasteiger partial charge in [0.05, 0.1) is 4.34 Å². The number of thiophene rings is 2. The van der Waals surface area contributed by atoms with Crippen LogP contribution >= 0.6 is 34.3 Å². The van der Waals surface area contributed by atoms with E-state index in [0.29, 0.717) is 0 Å². The summed E-state index contributed by atoms with van der Waals surface area (Å²) >= 11 is 9.13. The molecule has 1 nitrogen and oxygen atoms in total. The molecule has 0 aliphatic carbocycles. The van der Waals surface area contributed by atoms with Gasteiger partial charge in [-0.25, -0.2) is 0 Å². The van der Waals surface area contributed by atoms with Gasteiger partial charge in [0.1, 0.15) is 0 Å². The van der Waals surface area contributed by atoms with E-state index in [4.69, 9.17) is 17.3 Å². The lowest BCUT2D eigenvalue weighted by Gasteiger charge is -2.07. The zero-order valence-corrected chi connectivity index (χ0v) is 9.83. The Morgan fingerprint density at radius 3 is 2.86 bits per heavy atom. The van der Waals surface area contributed by atoms with Crippen LogP contribution in [0.5, 0.6) is 0 Å². The molecule has 0 radical (unpaired) electrons. The van der Waals surface area contributed by atoms with Gasteiger partial charge in [0.15, 0.2) is 0 Å². The molecular formula is C10H10ClNS2. The first-order chi connectivity index (χ1) is 6.75. The van der Waals surface area contributed by atoms with Gasteiger partial charge in [-0.05, 0) is 28.5 Å². The Morgan fingerprint density at radius 2 is 2.29 bits per heavy atom. The highest BCUT2D eigenvalue weighted by Crippen LogP contribution is 2.26. The molecule has 14 heavy (non-hydrogen) atoms. The van der Waals surface area contributed by atoms with Gasteiger partial charge in [0, 0.05) is 17.3 Å². The third kappa shape index (κ3) is 2.36. The molecule has 0 bridgehead atoms. The van der Waals surface area contributed by atoms with Crippen molar-refractivity contribution in [3.05, 3.63) is 43.7 Å². The van der Waals surface area contributed by atoms with Crippen LogP contribution in [-0.2, 0) is 6.42 Å². The van der Waals surface area contributed by atoms with Gasteiger partial charge in [-0.2, -0.15) is 0 Å².